The van der Waals surface area contributed by atoms with Crippen molar-refractivity contribution in [2.45, 2.75) is 20.3 Å². The van der Waals surface area contributed by atoms with Gasteiger partial charge in [0.05, 0.1) is 28.7 Å². The molecule has 0 spiro atoms. The van der Waals surface area contributed by atoms with Gasteiger partial charge in [-0.3, -0.25) is 0 Å². The molecule has 0 aliphatic rings. The standard InChI is InChI=1S/C19H20ClN3/c1-4-23(3)13-22-18-10-14(2)9-17(19(18)20)11-15-7-5-6-8-16(15)12-21/h5-10,13H,4,11H2,1-3H3/b22-13-. The number of rotatable bonds is 5. The minimum absolute atomic E-state index is 0.621. The molecule has 2 aromatic rings. The molecule has 23 heavy (non-hydrogen) atoms. The van der Waals surface area contributed by atoms with Gasteiger partial charge in [0.2, 0.25) is 0 Å². The highest BCUT2D eigenvalue weighted by atomic mass is 35.5. The zero-order chi connectivity index (χ0) is 16.8. The molecule has 0 atom stereocenters. The van der Waals surface area contributed by atoms with Gasteiger partial charge in [-0.05, 0) is 42.7 Å². The monoisotopic (exact) mass is 325 g/mol. The van der Waals surface area contributed by atoms with Crippen molar-refractivity contribution in [3.63, 3.8) is 0 Å². The molecule has 0 amide bonds. The Balaban J connectivity index is 2.38. The number of nitrogens with zero attached hydrogens (tertiary/aromatic N) is 3. The van der Waals surface area contributed by atoms with Crippen LogP contribution in [0.25, 0.3) is 0 Å². The Kier molecular flexibility index (Phi) is 5.78. The second-order valence-electron chi connectivity index (χ2n) is 5.52. The number of hydrogen-bond donors (Lipinski definition) is 0. The highest BCUT2D eigenvalue weighted by Gasteiger charge is 2.10. The number of halogens is 1. The van der Waals surface area contributed by atoms with Crippen molar-refractivity contribution in [1.29, 1.82) is 5.26 Å². The molecular formula is C19H20ClN3. The molecule has 2 aromatic carbocycles. The lowest BCUT2D eigenvalue weighted by Gasteiger charge is -2.12. The van der Waals surface area contributed by atoms with E-state index >= 15 is 0 Å². The quantitative estimate of drug-likeness (QED) is 0.589. The van der Waals surface area contributed by atoms with E-state index in [0.717, 1.165) is 28.9 Å². The fraction of sp³-hybridized carbons (Fsp3) is 0.263. The first-order valence-electron chi connectivity index (χ1n) is 7.56. The third kappa shape index (κ3) is 4.34. The fourth-order valence-corrected chi connectivity index (χ4v) is 2.50. The van der Waals surface area contributed by atoms with Crippen LogP contribution in [0.2, 0.25) is 5.02 Å². The van der Waals surface area contributed by atoms with Crippen molar-refractivity contribution < 1.29 is 0 Å². The Morgan fingerprint density at radius 2 is 2.00 bits per heavy atom. The lowest BCUT2D eigenvalue weighted by atomic mass is 9.98. The van der Waals surface area contributed by atoms with Crippen molar-refractivity contribution in [3.8, 4) is 6.07 Å². The molecule has 0 radical (unpaired) electrons. The van der Waals surface area contributed by atoms with E-state index in [9.17, 15) is 5.26 Å². The van der Waals surface area contributed by atoms with Crippen LogP contribution in [0.15, 0.2) is 41.4 Å². The summed E-state index contributed by atoms with van der Waals surface area (Å²) in [7, 11) is 1.97. The SMILES string of the molecule is CCN(C)/C=N\c1cc(C)cc(Cc2ccccc2C#N)c1Cl. The molecule has 118 valence electrons. The zero-order valence-corrected chi connectivity index (χ0v) is 14.4. The van der Waals surface area contributed by atoms with Crippen LogP contribution in [0.3, 0.4) is 0 Å². The van der Waals surface area contributed by atoms with Crippen molar-refractivity contribution in [2.24, 2.45) is 4.99 Å². The van der Waals surface area contributed by atoms with Gasteiger partial charge in [0, 0.05) is 20.0 Å². The minimum Gasteiger partial charge on any atom is -0.366 e. The Hall–Kier alpha value is -2.31. The molecule has 0 N–H and O–H groups in total. The second kappa shape index (κ2) is 7.80. The van der Waals surface area contributed by atoms with E-state index in [1.807, 2.05) is 49.2 Å². The second-order valence-corrected chi connectivity index (χ2v) is 5.90. The van der Waals surface area contributed by atoms with Gasteiger partial charge < -0.3 is 4.90 Å². The molecule has 0 fully saturated rings. The van der Waals surface area contributed by atoms with Gasteiger partial charge in [-0.25, -0.2) is 4.99 Å². The van der Waals surface area contributed by atoms with Crippen molar-refractivity contribution in [3.05, 3.63) is 63.7 Å². The Bertz CT molecular complexity index is 760. The summed E-state index contributed by atoms with van der Waals surface area (Å²) in [6.45, 7) is 4.97. The van der Waals surface area contributed by atoms with Gasteiger partial charge >= 0.3 is 0 Å². The first-order valence-corrected chi connectivity index (χ1v) is 7.94. The van der Waals surface area contributed by atoms with Crippen LogP contribution >= 0.6 is 11.6 Å². The predicted molar refractivity (Wildman–Crippen MR) is 96.6 cm³/mol. The number of benzene rings is 2. The van der Waals surface area contributed by atoms with Crippen LogP contribution in [0, 0.1) is 18.3 Å². The number of nitriles is 1. The van der Waals surface area contributed by atoms with Gasteiger partial charge in [-0.15, -0.1) is 0 Å². The van der Waals surface area contributed by atoms with E-state index in [1.54, 1.807) is 6.34 Å². The Morgan fingerprint density at radius 1 is 1.26 bits per heavy atom. The Labute approximate surface area is 142 Å². The van der Waals surface area contributed by atoms with Gasteiger partial charge in [-0.1, -0.05) is 35.9 Å². The molecule has 0 saturated carbocycles. The average molecular weight is 326 g/mol. The first kappa shape index (κ1) is 17.1. The maximum Gasteiger partial charge on any atom is 0.0994 e. The molecule has 0 heterocycles. The lowest BCUT2D eigenvalue weighted by Crippen LogP contribution is -2.14. The fourth-order valence-electron chi connectivity index (χ4n) is 2.28. The molecule has 0 saturated heterocycles. The molecule has 2 rings (SSSR count). The summed E-state index contributed by atoms with van der Waals surface area (Å²) in [4.78, 5) is 6.48. The summed E-state index contributed by atoms with van der Waals surface area (Å²) in [6, 6.07) is 13.9. The zero-order valence-electron chi connectivity index (χ0n) is 13.7. The first-order chi connectivity index (χ1) is 11.0. The maximum absolute atomic E-state index is 9.24. The largest absolute Gasteiger partial charge is 0.366 e. The minimum atomic E-state index is 0.621. The lowest BCUT2D eigenvalue weighted by molar-refractivity contribution is 0.552. The number of hydrogen-bond acceptors (Lipinski definition) is 2. The van der Waals surface area contributed by atoms with E-state index in [0.29, 0.717) is 17.0 Å². The van der Waals surface area contributed by atoms with E-state index in [4.69, 9.17) is 11.6 Å². The van der Waals surface area contributed by atoms with E-state index < -0.39 is 0 Å². The predicted octanol–water partition coefficient (Wildman–Crippen LogP) is 4.72. The van der Waals surface area contributed by atoms with E-state index in [2.05, 4.69) is 24.1 Å². The molecule has 0 aliphatic carbocycles. The smallest absolute Gasteiger partial charge is 0.0994 e. The molecular weight excluding hydrogens is 306 g/mol. The third-order valence-electron chi connectivity index (χ3n) is 3.68. The summed E-state index contributed by atoms with van der Waals surface area (Å²) in [5.74, 6) is 0. The summed E-state index contributed by atoms with van der Waals surface area (Å²) in [5.41, 5.74) is 4.51. The van der Waals surface area contributed by atoms with Crippen LogP contribution in [0.1, 0.15) is 29.2 Å². The molecule has 0 aliphatic heterocycles. The highest BCUT2D eigenvalue weighted by molar-refractivity contribution is 6.33. The van der Waals surface area contributed by atoms with E-state index in [1.165, 1.54) is 0 Å². The molecule has 0 aromatic heterocycles. The summed E-state index contributed by atoms with van der Waals surface area (Å²) in [6.07, 6.45) is 2.41. The van der Waals surface area contributed by atoms with Crippen molar-refractivity contribution >= 4 is 23.6 Å². The molecule has 0 unspecified atom stereocenters. The normalized spacial score (nSPS) is 10.7. The highest BCUT2D eigenvalue weighted by Crippen LogP contribution is 2.32. The van der Waals surface area contributed by atoms with Crippen molar-refractivity contribution in [2.75, 3.05) is 13.6 Å². The van der Waals surface area contributed by atoms with Gasteiger partial charge in [0.25, 0.3) is 0 Å². The third-order valence-corrected chi connectivity index (χ3v) is 4.12. The van der Waals surface area contributed by atoms with Crippen LogP contribution in [0.5, 0.6) is 0 Å². The van der Waals surface area contributed by atoms with Crippen LogP contribution in [-0.4, -0.2) is 24.8 Å². The number of aliphatic imine (C=N–C) groups is 1. The number of aryl methyl sites for hydroxylation is 1. The summed E-state index contributed by atoms with van der Waals surface area (Å²) >= 11 is 6.54. The molecule has 3 nitrogen and oxygen atoms in total. The van der Waals surface area contributed by atoms with Gasteiger partial charge in [0.1, 0.15) is 0 Å². The van der Waals surface area contributed by atoms with Crippen LogP contribution < -0.4 is 0 Å². The van der Waals surface area contributed by atoms with Gasteiger partial charge in [0.15, 0.2) is 0 Å². The van der Waals surface area contributed by atoms with E-state index in [-0.39, 0.29) is 0 Å². The van der Waals surface area contributed by atoms with Crippen molar-refractivity contribution in [1.82, 2.24) is 4.90 Å². The summed E-state index contributed by atoms with van der Waals surface area (Å²) in [5, 5.41) is 9.88. The molecule has 0 bridgehead atoms. The topological polar surface area (TPSA) is 39.4 Å². The van der Waals surface area contributed by atoms with Crippen LogP contribution in [-0.2, 0) is 6.42 Å². The molecule has 4 heteroatoms. The average Bonchev–Trinajstić information content (AvgIpc) is 2.56. The van der Waals surface area contributed by atoms with Gasteiger partial charge in [-0.2, -0.15) is 5.26 Å². The van der Waals surface area contributed by atoms with Crippen LogP contribution in [0.4, 0.5) is 5.69 Å². The Morgan fingerprint density at radius 3 is 2.70 bits per heavy atom. The summed E-state index contributed by atoms with van der Waals surface area (Å²) < 4.78 is 0. The maximum atomic E-state index is 9.24.